The normalized spacial score (nSPS) is 12.8. The first kappa shape index (κ1) is 12.6. The Morgan fingerprint density at radius 3 is 2.44 bits per heavy atom. The van der Waals surface area contributed by atoms with Gasteiger partial charge in [0.25, 0.3) is 5.69 Å². The summed E-state index contributed by atoms with van der Waals surface area (Å²) in [5.74, 6) is -0.384. The lowest BCUT2D eigenvalue weighted by atomic mass is 9.92. The highest BCUT2D eigenvalue weighted by Crippen LogP contribution is 2.33. The van der Waals surface area contributed by atoms with Crippen LogP contribution in [0, 0.1) is 17.0 Å². The molecular weight excluding hydrogens is 206 g/mol. The number of nitro groups is 1. The number of para-hydroxylation sites is 1. The quantitative estimate of drug-likeness (QED) is 0.629. The molecule has 1 atom stereocenters. The van der Waals surface area contributed by atoms with Crippen molar-refractivity contribution in [3.8, 4) is 0 Å². The smallest absolute Gasteiger partial charge is 0.276 e. The van der Waals surface area contributed by atoms with Gasteiger partial charge in [-0.05, 0) is 12.8 Å². The molecule has 0 amide bonds. The number of hydrogen-bond acceptors (Lipinski definition) is 3. The van der Waals surface area contributed by atoms with Gasteiger partial charge >= 0.3 is 0 Å². The van der Waals surface area contributed by atoms with Gasteiger partial charge in [0.15, 0.2) is 0 Å². The van der Waals surface area contributed by atoms with Gasteiger partial charge in [0, 0.05) is 17.0 Å². The second-order valence-corrected chi connectivity index (χ2v) is 4.08. The topological polar surface area (TPSA) is 63.4 Å². The molecule has 87 valence electrons. The van der Waals surface area contributed by atoms with E-state index in [9.17, 15) is 10.1 Å². The maximum Gasteiger partial charge on any atom is 0.276 e. The van der Waals surface area contributed by atoms with Gasteiger partial charge in [0.05, 0.1) is 11.5 Å². The number of aliphatic hydroxyl groups excluding tert-OH is 1. The van der Waals surface area contributed by atoms with Crippen molar-refractivity contribution in [3.63, 3.8) is 0 Å². The van der Waals surface area contributed by atoms with E-state index in [0.717, 1.165) is 0 Å². The van der Waals surface area contributed by atoms with Gasteiger partial charge in [0.2, 0.25) is 0 Å². The number of rotatable bonds is 4. The standard InChI is InChI=1S/C12H16NO3/c1-8(2)10-5-4-6-11(9(3)7-14)12(10)13(15)16/h4-6,8-9,14H,3,7H2,1-2H3. The maximum atomic E-state index is 11.1. The fourth-order valence-electron chi connectivity index (χ4n) is 1.68. The fourth-order valence-corrected chi connectivity index (χ4v) is 1.68. The van der Waals surface area contributed by atoms with E-state index in [-0.39, 0.29) is 18.2 Å². The molecule has 0 bridgehead atoms. The molecule has 4 heteroatoms. The van der Waals surface area contributed by atoms with Crippen LogP contribution in [0.25, 0.3) is 0 Å². The minimum Gasteiger partial charge on any atom is -0.396 e. The predicted octanol–water partition coefficient (Wildman–Crippen LogP) is 2.63. The Kier molecular flexibility index (Phi) is 4.01. The van der Waals surface area contributed by atoms with E-state index in [1.807, 2.05) is 13.8 Å². The summed E-state index contributed by atoms with van der Waals surface area (Å²) in [4.78, 5) is 10.7. The molecule has 1 rings (SSSR count). The summed E-state index contributed by atoms with van der Waals surface area (Å²) in [5.41, 5.74) is 1.27. The largest absolute Gasteiger partial charge is 0.396 e. The summed E-state index contributed by atoms with van der Waals surface area (Å²) in [7, 11) is 0. The van der Waals surface area contributed by atoms with E-state index in [4.69, 9.17) is 5.11 Å². The van der Waals surface area contributed by atoms with Crippen LogP contribution in [0.15, 0.2) is 18.2 Å². The third-order valence-corrected chi connectivity index (χ3v) is 2.56. The second kappa shape index (κ2) is 5.07. The Labute approximate surface area is 95.1 Å². The first-order valence-corrected chi connectivity index (χ1v) is 5.20. The van der Waals surface area contributed by atoms with Gasteiger partial charge in [-0.1, -0.05) is 32.0 Å². The van der Waals surface area contributed by atoms with Crippen molar-refractivity contribution in [2.24, 2.45) is 0 Å². The Morgan fingerprint density at radius 2 is 2.00 bits per heavy atom. The van der Waals surface area contributed by atoms with Crippen molar-refractivity contribution >= 4 is 5.69 Å². The Balaban J connectivity index is 3.38. The minimum absolute atomic E-state index is 0.0752. The molecule has 0 saturated carbocycles. The Morgan fingerprint density at radius 1 is 1.44 bits per heavy atom. The van der Waals surface area contributed by atoms with E-state index >= 15 is 0 Å². The highest BCUT2D eigenvalue weighted by Gasteiger charge is 2.23. The van der Waals surface area contributed by atoms with Crippen LogP contribution in [-0.4, -0.2) is 16.6 Å². The first-order chi connectivity index (χ1) is 7.49. The zero-order valence-electron chi connectivity index (χ0n) is 9.51. The average molecular weight is 222 g/mol. The van der Waals surface area contributed by atoms with Gasteiger partial charge in [-0.2, -0.15) is 0 Å². The molecule has 1 radical (unpaired) electrons. The van der Waals surface area contributed by atoms with E-state index in [2.05, 4.69) is 6.92 Å². The monoisotopic (exact) mass is 222 g/mol. The van der Waals surface area contributed by atoms with Gasteiger partial charge in [0.1, 0.15) is 0 Å². The molecule has 4 nitrogen and oxygen atoms in total. The highest BCUT2D eigenvalue weighted by atomic mass is 16.6. The van der Waals surface area contributed by atoms with Crippen molar-refractivity contribution in [3.05, 3.63) is 46.4 Å². The van der Waals surface area contributed by atoms with Crippen LogP contribution in [0.2, 0.25) is 0 Å². The summed E-state index contributed by atoms with van der Waals surface area (Å²) < 4.78 is 0. The van der Waals surface area contributed by atoms with E-state index in [1.165, 1.54) is 0 Å². The number of nitrogens with zero attached hydrogens (tertiary/aromatic N) is 1. The zero-order chi connectivity index (χ0) is 12.3. The average Bonchev–Trinajstić information content (AvgIpc) is 2.26. The molecule has 0 saturated heterocycles. The SMILES string of the molecule is [CH2]C(CO)c1cccc(C(C)C)c1[N+](=O)[O-]. The summed E-state index contributed by atoms with van der Waals surface area (Å²) in [6.07, 6.45) is 0. The summed E-state index contributed by atoms with van der Waals surface area (Å²) in [5, 5.41) is 20.1. The van der Waals surface area contributed by atoms with Gasteiger partial charge in [-0.3, -0.25) is 10.1 Å². The van der Waals surface area contributed by atoms with E-state index < -0.39 is 10.8 Å². The number of nitro benzene ring substituents is 1. The van der Waals surface area contributed by atoms with Crippen molar-refractivity contribution in [1.29, 1.82) is 0 Å². The number of hydrogen-bond donors (Lipinski definition) is 1. The molecule has 0 aliphatic rings. The molecule has 0 heterocycles. The maximum absolute atomic E-state index is 11.1. The molecule has 0 spiro atoms. The van der Waals surface area contributed by atoms with Crippen LogP contribution in [-0.2, 0) is 0 Å². The molecule has 0 aromatic heterocycles. The number of benzene rings is 1. The molecular formula is C12H16NO3. The third kappa shape index (κ3) is 2.39. The van der Waals surface area contributed by atoms with Gasteiger partial charge < -0.3 is 5.11 Å². The molecule has 0 aliphatic carbocycles. The fraction of sp³-hybridized carbons (Fsp3) is 0.417. The second-order valence-electron chi connectivity index (χ2n) is 4.08. The van der Waals surface area contributed by atoms with Crippen LogP contribution < -0.4 is 0 Å². The molecule has 1 N–H and O–H groups in total. The van der Waals surface area contributed by atoms with Gasteiger partial charge in [-0.25, -0.2) is 0 Å². The van der Waals surface area contributed by atoms with Crippen molar-refractivity contribution < 1.29 is 10.0 Å². The van der Waals surface area contributed by atoms with Crippen LogP contribution >= 0.6 is 0 Å². The Bertz CT molecular complexity index is 388. The van der Waals surface area contributed by atoms with E-state index in [1.54, 1.807) is 18.2 Å². The molecule has 0 aliphatic heterocycles. The van der Waals surface area contributed by atoms with Crippen molar-refractivity contribution in [1.82, 2.24) is 0 Å². The van der Waals surface area contributed by atoms with E-state index in [0.29, 0.717) is 11.1 Å². The number of aliphatic hydroxyl groups is 1. The predicted molar refractivity (Wildman–Crippen MR) is 62.4 cm³/mol. The lowest BCUT2D eigenvalue weighted by Gasteiger charge is -2.13. The zero-order valence-corrected chi connectivity index (χ0v) is 9.51. The van der Waals surface area contributed by atoms with Crippen LogP contribution in [0.5, 0.6) is 0 Å². The molecule has 16 heavy (non-hydrogen) atoms. The molecule has 1 aromatic carbocycles. The van der Waals surface area contributed by atoms with Crippen LogP contribution in [0.4, 0.5) is 5.69 Å². The summed E-state index contributed by atoms with van der Waals surface area (Å²) in [6, 6.07) is 5.17. The third-order valence-electron chi connectivity index (χ3n) is 2.56. The molecule has 0 fully saturated rings. The van der Waals surface area contributed by atoms with Crippen LogP contribution in [0.1, 0.15) is 36.8 Å². The molecule has 1 aromatic rings. The van der Waals surface area contributed by atoms with Crippen molar-refractivity contribution in [2.75, 3.05) is 6.61 Å². The molecule has 1 unspecified atom stereocenters. The first-order valence-electron chi connectivity index (χ1n) is 5.20. The minimum atomic E-state index is -0.459. The highest BCUT2D eigenvalue weighted by molar-refractivity contribution is 5.51. The lowest BCUT2D eigenvalue weighted by Crippen LogP contribution is -2.07. The van der Waals surface area contributed by atoms with Crippen LogP contribution in [0.3, 0.4) is 0 Å². The van der Waals surface area contributed by atoms with Crippen molar-refractivity contribution in [2.45, 2.75) is 25.7 Å². The summed E-state index contributed by atoms with van der Waals surface area (Å²) in [6.45, 7) is 7.34. The summed E-state index contributed by atoms with van der Waals surface area (Å²) >= 11 is 0. The lowest BCUT2D eigenvalue weighted by molar-refractivity contribution is -0.386. The van der Waals surface area contributed by atoms with Gasteiger partial charge in [-0.15, -0.1) is 0 Å². The Hall–Kier alpha value is -1.42.